The number of thioether (sulfide) groups is 1. The molecule has 2 fully saturated rings. The number of thiocarbonyl (C=S) groups is 1. The number of benzene rings is 1. The lowest BCUT2D eigenvalue weighted by atomic mass is 10.2. The van der Waals surface area contributed by atoms with Crippen LogP contribution in [-0.4, -0.2) is 68.8 Å². The lowest BCUT2D eigenvalue weighted by Crippen LogP contribution is -2.37. The predicted molar refractivity (Wildman–Crippen MR) is 152 cm³/mol. The molecule has 5 rings (SSSR count). The van der Waals surface area contributed by atoms with Crippen molar-refractivity contribution in [3.05, 3.63) is 80.6 Å². The molecule has 0 atom stereocenters. The lowest BCUT2D eigenvalue weighted by Gasteiger charge is -2.26. The van der Waals surface area contributed by atoms with Gasteiger partial charge in [-0.3, -0.25) is 23.8 Å². The van der Waals surface area contributed by atoms with Crippen LogP contribution in [0.3, 0.4) is 0 Å². The molecule has 1 amide bonds. The molecule has 0 saturated carbocycles. The van der Waals surface area contributed by atoms with Gasteiger partial charge < -0.3 is 10.1 Å². The van der Waals surface area contributed by atoms with Gasteiger partial charge in [0.15, 0.2) is 0 Å². The third-order valence-electron chi connectivity index (χ3n) is 6.46. The fraction of sp³-hybridized carbons (Fsp3) is 0.333. The average Bonchev–Trinajstić information content (AvgIpc) is 3.17. The normalized spacial score (nSPS) is 17.8. The first-order chi connectivity index (χ1) is 18.0. The van der Waals surface area contributed by atoms with Crippen molar-refractivity contribution in [3.63, 3.8) is 0 Å². The number of hydrogen-bond acceptors (Lipinski definition) is 8. The van der Waals surface area contributed by atoms with Gasteiger partial charge in [-0.05, 0) is 43.2 Å². The van der Waals surface area contributed by atoms with E-state index in [-0.39, 0.29) is 11.5 Å². The van der Waals surface area contributed by atoms with Crippen molar-refractivity contribution in [2.24, 2.45) is 0 Å². The van der Waals surface area contributed by atoms with Crippen LogP contribution in [0.15, 0.2) is 58.4 Å². The summed E-state index contributed by atoms with van der Waals surface area (Å²) in [7, 11) is 0. The van der Waals surface area contributed by atoms with E-state index >= 15 is 0 Å². The number of pyridine rings is 1. The molecule has 10 heteroatoms. The van der Waals surface area contributed by atoms with Gasteiger partial charge in [0.05, 0.1) is 30.2 Å². The van der Waals surface area contributed by atoms with Gasteiger partial charge in [0, 0.05) is 25.8 Å². The van der Waals surface area contributed by atoms with Crippen LogP contribution in [0.2, 0.25) is 0 Å². The van der Waals surface area contributed by atoms with Crippen molar-refractivity contribution in [1.29, 1.82) is 0 Å². The van der Waals surface area contributed by atoms with Crippen molar-refractivity contribution in [1.82, 2.24) is 19.2 Å². The Morgan fingerprint density at radius 2 is 1.92 bits per heavy atom. The Morgan fingerprint density at radius 3 is 2.70 bits per heavy atom. The van der Waals surface area contributed by atoms with Gasteiger partial charge in [0.25, 0.3) is 11.5 Å². The van der Waals surface area contributed by atoms with Crippen molar-refractivity contribution >= 4 is 51.7 Å². The number of amides is 1. The first-order valence-electron chi connectivity index (χ1n) is 12.4. The Bertz CT molecular complexity index is 1400. The summed E-state index contributed by atoms with van der Waals surface area (Å²) in [4.78, 5) is 36.0. The van der Waals surface area contributed by atoms with E-state index in [9.17, 15) is 9.59 Å². The number of fused-ring (bicyclic) bond motifs is 1. The van der Waals surface area contributed by atoms with Crippen molar-refractivity contribution in [2.75, 3.05) is 44.7 Å². The van der Waals surface area contributed by atoms with Crippen molar-refractivity contribution < 1.29 is 9.53 Å². The second kappa shape index (κ2) is 11.6. The van der Waals surface area contributed by atoms with Crippen LogP contribution in [-0.2, 0) is 16.1 Å². The number of aryl methyl sites for hydroxylation is 1. The summed E-state index contributed by atoms with van der Waals surface area (Å²) in [5, 5.41) is 3.37. The van der Waals surface area contributed by atoms with Crippen molar-refractivity contribution in [2.45, 2.75) is 19.9 Å². The molecule has 3 aromatic rings. The zero-order valence-corrected chi connectivity index (χ0v) is 22.3. The molecule has 2 saturated heterocycles. The largest absolute Gasteiger partial charge is 0.379 e. The minimum Gasteiger partial charge on any atom is -0.379 e. The minimum absolute atomic E-state index is 0.203. The summed E-state index contributed by atoms with van der Waals surface area (Å²) < 4.78 is 7.43. The number of nitrogens with zero attached hydrogens (tertiary/aromatic N) is 4. The third-order valence-corrected chi connectivity index (χ3v) is 7.84. The zero-order chi connectivity index (χ0) is 25.8. The van der Waals surface area contributed by atoms with E-state index < -0.39 is 0 Å². The highest BCUT2D eigenvalue weighted by Gasteiger charge is 2.32. The Morgan fingerprint density at radius 1 is 1.14 bits per heavy atom. The predicted octanol–water partition coefficient (Wildman–Crippen LogP) is 3.54. The van der Waals surface area contributed by atoms with E-state index in [1.807, 2.05) is 49.4 Å². The highest BCUT2D eigenvalue weighted by molar-refractivity contribution is 8.26. The van der Waals surface area contributed by atoms with E-state index in [0.29, 0.717) is 39.3 Å². The number of ether oxygens (including phenoxy) is 1. The molecule has 2 aliphatic rings. The molecular formula is C27H29N5O3S2. The summed E-state index contributed by atoms with van der Waals surface area (Å²) in [6, 6.07) is 13.5. The first-order valence-corrected chi connectivity index (χ1v) is 13.6. The van der Waals surface area contributed by atoms with E-state index in [1.165, 1.54) is 16.2 Å². The van der Waals surface area contributed by atoms with Crippen LogP contribution in [0.4, 0.5) is 5.82 Å². The van der Waals surface area contributed by atoms with Gasteiger partial charge >= 0.3 is 0 Å². The van der Waals surface area contributed by atoms with Crippen molar-refractivity contribution in [3.8, 4) is 0 Å². The number of hydrogen-bond donors (Lipinski definition) is 1. The molecule has 4 heterocycles. The Kier molecular flexibility index (Phi) is 7.99. The zero-order valence-electron chi connectivity index (χ0n) is 20.7. The first kappa shape index (κ1) is 25.6. The maximum absolute atomic E-state index is 13.6. The third kappa shape index (κ3) is 5.77. The molecule has 2 aromatic heterocycles. The highest BCUT2D eigenvalue weighted by atomic mass is 32.2. The highest BCUT2D eigenvalue weighted by Crippen LogP contribution is 2.34. The molecule has 37 heavy (non-hydrogen) atoms. The van der Waals surface area contributed by atoms with Gasteiger partial charge in [0.1, 0.15) is 15.8 Å². The second-order valence-electron chi connectivity index (χ2n) is 9.05. The number of anilines is 1. The van der Waals surface area contributed by atoms with Crippen LogP contribution in [0, 0.1) is 6.92 Å². The van der Waals surface area contributed by atoms with Crippen LogP contribution >= 0.6 is 24.0 Å². The molecule has 192 valence electrons. The molecular weight excluding hydrogens is 506 g/mol. The number of aromatic nitrogens is 2. The molecule has 8 nitrogen and oxygen atoms in total. The summed E-state index contributed by atoms with van der Waals surface area (Å²) in [6.45, 7) is 7.32. The Labute approximate surface area is 225 Å². The van der Waals surface area contributed by atoms with Gasteiger partial charge in [-0.2, -0.15) is 0 Å². The number of carbonyl (C=O) groups excluding carboxylic acids is 1. The number of morpholine rings is 1. The second-order valence-corrected chi connectivity index (χ2v) is 10.7. The van der Waals surface area contributed by atoms with E-state index in [1.54, 1.807) is 17.2 Å². The molecule has 2 aliphatic heterocycles. The van der Waals surface area contributed by atoms with Crippen LogP contribution in [0.25, 0.3) is 11.7 Å². The fourth-order valence-corrected chi connectivity index (χ4v) is 5.68. The number of carbonyl (C=O) groups is 1. The average molecular weight is 536 g/mol. The van der Waals surface area contributed by atoms with E-state index in [2.05, 4.69) is 10.2 Å². The monoisotopic (exact) mass is 535 g/mol. The Hall–Kier alpha value is -3.05. The summed E-state index contributed by atoms with van der Waals surface area (Å²) >= 11 is 6.73. The maximum Gasteiger partial charge on any atom is 0.267 e. The Balaban J connectivity index is 1.42. The molecule has 0 bridgehead atoms. The number of rotatable bonds is 8. The quantitative estimate of drug-likeness (QED) is 0.267. The van der Waals surface area contributed by atoms with E-state index in [0.717, 1.165) is 50.4 Å². The van der Waals surface area contributed by atoms with Crippen LogP contribution in [0.1, 0.15) is 23.1 Å². The molecule has 0 spiro atoms. The van der Waals surface area contributed by atoms with Crippen LogP contribution < -0.4 is 10.9 Å². The molecule has 0 unspecified atom stereocenters. The SMILES string of the molecule is Cc1cccn2c(=O)c(/C=C3\SC(=S)N(Cc4ccccc4)C3=O)c(NCCCN3CCOCC3)nc12. The minimum atomic E-state index is -0.224. The summed E-state index contributed by atoms with van der Waals surface area (Å²) in [5.41, 5.74) is 2.62. The van der Waals surface area contributed by atoms with Gasteiger partial charge in [0.2, 0.25) is 0 Å². The lowest BCUT2D eigenvalue weighted by molar-refractivity contribution is -0.122. The number of nitrogens with one attached hydrogen (secondary N) is 1. The summed E-state index contributed by atoms with van der Waals surface area (Å²) in [5.74, 6) is 0.278. The fourth-order valence-electron chi connectivity index (χ4n) is 4.44. The van der Waals surface area contributed by atoms with E-state index in [4.69, 9.17) is 21.9 Å². The van der Waals surface area contributed by atoms with Gasteiger partial charge in [-0.15, -0.1) is 0 Å². The maximum atomic E-state index is 13.6. The van der Waals surface area contributed by atoms with Gasteiger partial charge in [-0.25, -0.2) is 4.98 Å². The van der Waals surface area contributed by atoms with Crippen LogP contribution in [0.5, 0.6) is 0 Å². The molecule has 0 radical (unpaired) electrons. The summed E-state index contributed by atoms with van der Waals surface area (Å²) in [6.07, 6.45) is 4.24. The van der Waals surface area contributed by atoms with Gasteiger partial charge in [-0.1, -0.05) is 60.4 Å². The molecule has 1 N–H and O–H groups in total. The molecule has 0 aliphatic carbocycles. The standard InChI is InChI=1S/C27H29N5O3S2/c1-19-7-5-12-31-24(19)29-23(28-10-6-11-30-13-15-35-16-14-30)21(25(31)33)17-22-26(34)32(27(36)37-22)18-20-8-3-2-4-9-20/h2-5,7-9,12,17,28H,6,10-11,13-16,18H2,1H3/b22-17-. The smallest absolute Gasteiger partial charge is 0.267 e. The molecule has 1 aromatic carbocycles. The topological polar surface area (TPSA) is 79.2 Å².